The molecule has 1 amide bonds. The van der Waals surface area contributed by atoms with Crippen LogP contribution in [-0.2, 0) is 14.3 Å². The van der Waals surface area contributed by atoms with E-state index in [2.05, 4.69) is 0 Å². The molecule has 0 N–H and O–H groups in total. The van der Waals surface area contributed by atoms with Gasteiger partial charge in [-0.15, -0.1) is 0 Å². The summed E-state index contributed by atoms with van der Waals surface area (Å²) in [6.07, 6.45) is 0.478. The predicted molar refractivity (Wildman–Crippen MR) is 93.2 cm³/mol. The van der Waals surface area contributed by atoms with Crippen molar-refractivity contribution in [3.63, 3.8) is 0 Å². The zero-order valence-electron chi connectivity index (χ0n) is 15.4. The molecule has 5 heteroatoms. The van der Waals surface area contributed by atoms with Crippen molar-refractivity contribution in [2.24, 2.45) is 5.92 Å². The van der Waals surface area contributed by atoms with Crippen molar-refractivity contribution in [3.05, 3.63) is 23.8 Å². The number of esters is 1. The first-order valence-electron chi connectivity index (χ1n) is 8.47. The minimum atomic E-state index is -1.02. The lowest BCUT2D eigenvalue weighted by molar-refractivity contribution is -0.149. The van der Waals surface area contributed by atoms with Gasteiger partial charge in [0, 0.05) is 0 Å². The van der Waals surface area contributed by atoms with Crippen molar-refractivity contribution in [3.8, 4) is 5.75 Å². The summed E-state index contributed by atoms with van der Waals surface area (Å²) in [5, 5.41) is 0. The summed E-state index contributed by atoms with van der Waals surface area (Å²) in [7, 11) is 0. The van der Waals surface area contributed by atoms with Crippen molar-refractivity contribution in [1.82, 2.24) is 0 Å². The Morgan fingerprint density at radius 2 is 2.00 bits per heavy atom. The van der Waals surface area contributed by atoms with E-state index in [1.807, 2.05) is 45.9 Å². The van der Waals surface area contributed by atoms with E-state index in [1.165, 1.54) is 0 Å². The number of ether oxygens (including phenoxy) is 2. The number of carbonyl (C=O) groups is 2. The number of rotatable bonds is 5. The van der Waals surface area contributed by atoms with E-state index in [0.717, 1.165) is 5.56 Å². The fourth-order valence-electron chi connectivity index (χ4n) is 2.73. The molecule has 0 bridgehead atoms. The molecule has 1 aromatic rings. The smallest absolute Gasteiger partial charge is 0.329 e. The Bertz CT molecular complexity index is 636. The van der Waals surface area contributed by atoms with E-state index in [4.69, 9.17) is 9.47 Å². The molecule has 0 radical (unpaired) electrons. The number of benzene rings is 1. The van der Waals surface area contributed by atoms with Crippen molar-refractivity contribution < 1.29 is 19.1 Å². The summed E-state index contributed by atoms with van der Waals surface area (Å²) in [6, 6.07) is 5.00. The Labute approximate surface area is 143 Å². The molecular formula is C19H27NO4. The van der Waals surface area contributed by atoms with Crippen LogP contribution in [0.1, 0.15) is 46.6 Å². The largest absolute Gasteiger partial charge is 0.476 e. The summed E-state index contributed by atoms with van der Waals surface area (Å²) in [5.41, 5.74) is 0.613. The van der Waals surface area contributed by atoms with E-state index in [1.54, 1.807) is 18.7 Å². The SMILES string of the molecule is CCC(C(=O)OCC(C)C)N1C(=O)C(C)(C)Oc2ccc(C)cc21. The molecule has 1 aliphatic rings. The Balaban J connectivity index is 2.43. The van der Waals surface area contributed by atoms with E-state index in [9.17, 15) is 9.59 Å². The number of nitrogens with zero attached hydrogens (tertiary/aromatic N) is 1. The minimum Gasteiger partial charge on any atom is -0.476 e. The number of fused-ring (bicyclic) bond motifs is 1. The zero-order chi connectivity index (χ0) is 18.1. The molecule has 0 saturated carbocycles. The average Bonchev–Trinajstić information content (AvgIpc) is 2.50. The topological polar surface area (TPSA) is 55.8 Å². The molecule has 0 aliphatic carbocycles. The molecule has 1 atom stereocenters. The van der Waals surface area contributed by atoms with Gasteiger partial charge in [0.15, 0.2) is 5.60 Å². The van der Waals surface area contributed by atoms with E-state index in [0.29, 0.717) is 24.5 Å². The molecule has 0 saturated heterocycles. The normalized spacial score (nSPS) is 17.3. The number of hydrogen-bond acceptors (Lipinski definition) is 4. The molecule has 0 spiro atoms. The number of anilines is 1. The molecular weight excluding hydrogens is 306 g/mol. The molecule has 132 valence electrons. The molecule has 1 aromatic carbocycles. The molecule has 1 heterocycles. The van der Waals surface area contributed by atoms with Crippen LogP contribution in [0, 0.1) is 12.8 Å². The van der Waals surface area contributed by atoms with Gasteiger partial charge < -0.3 is 9.47 Å². The molecule has 0 fully saturated rings. The lowest BCUT2D eigenvalue weighted by atomic mass is 9.99. The van der Waals surface area contributed by atoms with Crippen LogP contribution >= 0.6 is 0 Å². The molecule has 1 unspecified atom stereocenters. The minimum absolute atomic E-state index is 0.228. The highest BCUT2D eigenvalue weighted by Gasteiger charge is 2.45. The van der Waals surface area contributed by atoms with Crippen LogP contribution in [-0.4, -0.2) is 30.1 Å². The maximum absolute atomic E-state index is 13.0. The standard InChI is InChI=1S/C19H27NO4/c1-7-14(17(21)23-11-12(2)3)20-15-10-13(4)8-9-16(15)24-19(5,6)18(20)22/h8-10,12,14H,7,11H2,1-6H3. The van der Waals surface area contributed by atoms with E-state index >= 15 is 0 Å². The van der Waals surface area contributed by atoms with Gasteiger partial charge in [0.25, 0.3) is 5.91 Å². The highest BCUT2D eigenvalue weighted by Crippen LogP contribution is 2.40. The number of aryl methyl sites for hydroxylation is 1. The monoisotopic (exact) mass is 333 g/mol. The van der Waals surface area contributed by atoms with Crippen molar-refractivity contribution in [1.29, 1.82) is 0 Å². The Morgan fingerprint density at radius 1 is 1.33 bits per heavy atom. The summed E-state index contributed by atoms with van der Waals surface area (Å²) >= 11 is 0. The summed E-state index contributed by atoms with van der Waals surface area (Å²) < 4.78 is 11.2. The van der Waals surface area contributed by atoms with Crippen LogP contribution in [0.15, 0.2) is 18.2 Å². The van der Waals surface area contributed by atoms with Crippen molar-refractivity contribution in [2.45, 2.75) is 59.6 Å². The molecule has 0 aromatic heterocycles. The molecule has 24 heavy (non-hydrogen) atoms. The van der Waals surface area contributed by atoms with Crippen LogP contribution in [0.25, 0.3) is 0 Å². The van der Waals surface area contributed by atoms with Gasteiger partial charge in [-0.25, -0.2) is 4.79 Å². The molecule has 5 nitrogen and oxygen atoms in total. The predicted octanol–water partition coefficient (Wildman–Crippen LogP) is 3.48. The van der Waals surface area contributed by atoms with Gasteiger partial charge in [0.1, 0.15) is 11.8 Å². The van der Waals surface area contributed by atoms with Gasteiger partial charge in [-0.2, -0.15) is 0 Å². The maximum Gasteiger partial charge on any atom is 0.329 e. The van der Waals surface area contributed by atoms with Crippen LogP contribution in [0.2, 0.25) is 0 Å². The number of amides is 1. The van der Waals surface area contributed by atoms with Gasteiger partial charge in [-0.3, -0.25) is 9.69 Å². The second-order valence-corrected chi connectivity index (χ2v) is 7.21. The lowest BCUT2D eigenvalue weighted by Crippen LogP contribution is -2.58. The summed E-state index contributed by atoms with van der Waals surface area (Å²) in [4.78, 5) is 27.1. The van der Waals surface area contributed by atoms with Crippen LogP contribution in [0.4, 0.5) is 5.69 Å². The average molecular weight is 333 g/mol. The van der Waals surface area contributed by atoms with E-state index in [-0.39, 0.29) is 17.8 Å². The fourth-order valence-corrected chi connectivity index (χ4v) is 2.73. The Morgan fingerprint density at radius 3 is 2.58 bits per heavy atom. The third kappa shape index (κ3) is 3.55. The third-order valence-corrected chi connectivity index (χ3v) is 4.00. The number of carbonyl (C=O) groups excluding carboxylic acids is 2. The highest BCUT2D eigenvalue weighted by atomic mass is 16.5. The fraction of sp³-hybridized carbons (Fsp3) is 0.579. The van der Waals surface area contributed by atoms with Crippen LogP contribution in [0.3, 0.4) is 0 Å². The van der Waals surface area contributed by atoms with Gasteiger partial charge in [-0.1, -0.05) is 26.8 Å². The molecule has 2 rings (SSSR count). The quantitative estimate of drug-likeness (QED) is 0.774. The maximum atomic E-state index is 13.0. The van der Waals surface area contributed by atoms with Crippen LogP contribution in [0.5, 0.6) is 5.75 Å². The highest BCUT2D eigenvalue weighted by molar-refractivity contribution is 6.06. The third-order valence-electron chi connectivity index (χ3n) is 4.00. The van der Waals surface area contributed by atoms with Crippen LogP contribution < -0.4 is 9.64 Å². The summed E-state index contributed by atoms with van der Waals surface area (Å²) in [6.45, 7) is 11.6. The first-order valence-corrected chi connectivity index (χ1v) is 8.47. The lowest BCUT2D eigenvalue weighted by Gasteiger charge is -2.41. The van der Waals surface area contributed by atoms with Gasteiger partial charge in [-0.05, 0) is 50.8 Å². The Kier molecular flexibility index (Phi) is 5.21. The zero-order valence-corrected chi connectivity index (χ0v) is 15.4. The van der Waals surface area contributed by atoms with Gasteiger partial charge in [0.05, 0.1) is 12.3 Å². The second kappa shape index (κ2) is 6.83. The summed E-state index contributed by atoms with van der Waals surface area (Å²) in [5.74, 6) is 0.261. The van der Waals surface area contributed by atoms with Crippen molar-refractivity contribution >= 4 is 17.6 Å². The second-order valence-electron chi connectivity index (χ2n) is 7.21. The molecule has 1 aliphatic heterocycles. The van der Waals surface area contributed by atoms with Crippen molar-refractivity contribution in [2.75, 3.05) is 11.5 Å². The van der Waals surface area contributed by atoms with Gasteiger partial charge in [0.2, 0.25) is 0 Å². The Hall–Kier alpha value is -2.04. The van der Waals surface area contributed by atoms with Gasteiger partial charge >= 0.3 is 5.97 Å². The van der Waals surface area contributed by atoms with E-state index < -0.39 is 11.6 Å². The first-order chi connectivity index (χ1) is 11.2. The number of hydrogen-bond donors (Lipinski definition) is 0. The first kappa shape index (κ1) is 18.3.